The van der Waals surface area contributed by atoms with E-state index in [4.69, 9.17) is 38.4 Å². The van der Waals surface area contributed by atoms with Gasteiger partial charge in [0.25, 0.3) is 0 Å². The van der Waals surface area contributed by atoms with E-state index in [2.05, 4.69) is 0 Å². The quantitative estimate of drug-likeness (QED) is 0.836. The monoisotopic (exact) mass is 338 g/mol. The predicted molar refractivity (Wildman–Crippen MR) is 81.8 cm³/mol. The number of allylic oxidation sites excluding steroid dienone is 2. The summed E-state index contributed by atoms with van der Waals surface area (Å²) in [7, 11) is 1.24. The SMILES string of the molecule is COC(=O)C1=C(C)OC(N)=C(C#N)[C@@H]1c1cccc(Cl)c1Cl. The molecule has 114 valence electrons. The fourth-order valence-electron chi connectivity index (χ4n) is 2.31. The summed E-state index contributed by atoms with van der Waals surface area (Å²) >= 11 is 12.3. The Hall–Kier alpha value is -2.16. The van der Waals surface area contributed by atoms with E-state index in [-0.39, 0.29) is 27.8 Å². The van der Waals surface area contributed by atoms with Crippen LogP contribution in [0.1, 0.15) is 18.4 Å². The van der Waals surface area contributed by atoms with E-state index in [1.54, 1.807) is 25.1 Å². The lowest BCUT2D eigenvalue weighted by Gasteiger charge is -2.27. The van der Waals surface area contributed by atoms with Crippen molar-refractivity contribution in [3.8, 4) is 6.07 Å². The van der Waals surface area contributed by atoms with Crippen molar-refractivity contribution in [2.45, 2.75) is 12.8 Å². The molecule has 0 aliphatic carbocycles. The van der Waals surface area contributed by atoms with E-state index in [0.717, 1.165) is 0 Å². The highest BCUT2D eigenvalue weighted by molar-refractivity contribution is 6.42. The molecule has 1 aromatic rings. The number of ether oxygens (including phenoxy) is 2. The molecule has 0 spiro atoms. The maximum atomic E-state index is 12.1. The molecule has 1 atom stereocenters. The predicted octanol–water partition coefficient (Wildman–Crippen LogP) is 3.25. The molecule has 1 aliphatic rings. The summed E-state index contributed by atoms with van der Waals surface area (Å²) in [4.78, 5) is 12.1. The minimum atomic E-state index is -0.794. The van der Waals surface area contributed by atoms with Gasteiger partial charge in [0, 0.05) is 0 Å². The fourth-order valence-corrected chi connectivity index (χ4v) is 2.73. The van der Waals surface area contributed by atoms with Gasteiger partial charge >= 0.3 is 5.97 Å². The topological polar surface area (TPSA) is 85.3 Å². The van der Waals surface area contributed by atoms with Crippen molar-refractivity contribution in [1.29, 1.82) is 5.26 Å². The van der Waals surface area contributed by atoms with Gasteiger partial charge in [-0.25, -0.2) is 4.79 Å². The van der Waals surface area contributed by atoms with E-state index in [9.17, 15) is 10.1 Å². The Morgan fingerprint density at radius 1 is 1.45 bits per heavy atom. The summed E-state index contributed by atoms with van der Waals surface area (Å²) in [5.41, 5.74) is 6.50. The maximum Gasteiger partial charge on any atom is 0.338 e. The normalized spacial score (nSPS) is 17.9. The van der Waals surface area contributed by atoms with Gasteiger partial charge in [0.05, 0.1) is 28.6 Å². The van der Waals surface area contributed by atoms with Crippen molar-refractivity contribution in [3.05, 3.63) is 56.6 Å². The van der Waals surface area contributed by atoms with Crippen LogP contribution in [0.4, 0.5) is 0 Å². The van der Waals surface area contributed by atoms with Gasteiger partial charge in [0.15, 0.2) is 0 Å². The first-order valence-electron chi connectivity index (χ1n) is 6.23. The van der Waals surface area contributed by atoms with Crippen LogP contribution >= 0.6 is 23.2 Å². The van der Waals surface area contributed by atoms with Gasteiger partial charge in [-0.1, -0.05) is 35.3 Å². The van der Waals surface area contributed by atoms with Crippen LogP contribution in [0.25, 0.3) is 0 Å². The molecule has 0 radical (unpaired) electrons. The minimum absolute atomic E-state index is 0.0753. The highest BCUT2D eigenvalue weighted by atomic mass is 35.5. The first-order valence-corrected chi connectivity index (χ1v) is 6.98. The lowest BCUT2D eigenvalue weighted by molar-refractivity contribution is -0.136. The van der Waals surface area contributed by atoms with E-state index in [0.29, 0.717) is 10.6 Å². The Bertz CT molecular complexity index is 748. The standard InChI is InChI=1S/C15H12Cl2N2O3/c1-7-11(15(20)21-2)12(9(6-18)14(19)22-7)8-4-3-5-10(16)13(8)17/h3-5,12H,19H2,1-2H3/t12-/m0/s1. The van der Waals surface area contributed by atoms with Crippen LogP contribution in [0.5, 0.6) is 0 Å². The zero-order chi connectivity index (χ0) is 16.4. The van der Waals surface area contributed by atoms with Gasteiger partial charge in [0.1, 0.15) is 17.4 Å². The van der Waals surface area contributed by atoms with Gasteiger partial charge in [-0.3, -0.25) is 0 Å². The number of hydrogen-bond donors (Lipinski definition) is 1. The molecule has 0 saturated carbocycles. The lowest BCUT2D eigenvalue weighted by atomic mass is 9.83. The molecule has 0 aromatic heterocycles. The third kappa shape index (κ3) is 2.63. The summed E-state index contributed by atoms with van der Waals surface area (Å²) in [6, 6.07) is 6.92. The number of methoxy groups -OCH3 is 1. The average Bonchev–Trinajstić information content (AvgIpc) is 2.49. The number of esters is 1. The first-order chi connectivity index (χ1) is 10.4. The minimum Gasteiger partial charge on any atom is -0.466 e. The van der Waals surface area contributed by atoms with E-state index in [1.807, 2.05) is 6.07 Å². The number of carbonyl (C=O) groups is 1. The molecule has 0 bridgehead atoms. The molecular formula is C15H12Cl2N2O3. The summed E-state index contributed by atoms with van der Waals surface area (Å²) < 4.78 is 10.1. The molecule has 0 unspecified atom stereocenters. The molecule has 0 fully saturated rings. The van der Waals surface area contributed by atoms with Gasteiger partial charge in [-0.2, -0.15) is 5.26 Å². The Labute approximate surface area is 137 Å². The molecule has 1 aliphatic heterocycles. The molecule has 7 heteroatoms. The molecular weight excluding hydrogens is 327 g/mol. The van der Waals surface area contributed by atoms with Crippen molar-refractivity contribution in [2.24, 2.45) is 5.73 Å². The Balaban J connectivity index is 2.74. The molecule has 2 N–H and O–H groups in total. The van der Waals surface area contributed by atoms with Crippen molar-refractivity contribution >= 4 is 29.2 Å². The maximum absolute atomic E-state index is 12.1. The van der Waals surface area contributed by atoms with Gasteiger partial charge in [0.2, 0.25) is 5.88 Å². The summed E-state index contributed by atoms with van der Waals surface area (Å²) in [6.07, 6.45) is 0. The van der Waals surface area contributed by atoms with Crippen molar-refractivity contribution in [2.75, 3.05) is 7.11 Å². The van der Waals surface area contributed by atoms with Crippen LogP contribution in [0, 0.1) is 11.3 Å². The Morgan fingerprint density at radius 2 is 2.14 bits per heavy atom. The number of nitrogens with two attached hydrogens (primary N) is 1. The Morgan fingerprint density at radius 3 is 2.73 bits per heavy atom. The smallest absolute Gasteiger partial charge is 0.338 e. The largest absolute Gasteiger partial charge is 0.466 e. The zero-order valence-electron chi connectivity index (χ0n) is 11.8. The first kappa shape index (κ1) is 16.2. The third-order valence-electron chi connectivity index (χ3n) is 3.30. The number of rotatable bonds is 2. The van der Waals surface area contributed by atoms with Crippen molar-refractivity contribution in [1.82, 2.24) is 0 Å². The highest BCUT2D eigenvalue weighted by Gasteiger charge is 2.37. The van der Waals surface area contributed by atoms with Crippen LogP contribution in [0.2, 0.25) is 10.0 Å². The van der Waals surface area contributed by atoms with Crippen LogP contribution in [0.3, 0.4) is 0 Å². The molecule has 5 nitrogen and oxygen atoms in total. The highest BCUT2D eigenvalue weighted by Crippen LogP contribution is 2.43. The molecule has 22 heavy (non-hydrogen) atoms. The summed E-state index contributed by atoms with van der Waals surface area (Å²) in [5.74, 6) is -1.24. The molecule has 2 rings (SSSR count). The lowest BCUT2D eigenvalue weighted by Crippen LogP contribution is -2.25. The number of nitrogens with zero attached hydrogens (tertiary/aromatic N) is 1. The second-order valence-corrected chi connectivity index (χ2v) is 5.31. The van der Waals surface area contributed by atoms with E-state index in [1.165, 1.54) is 7.11 Å². The van der Waals surface area contributed by atoms with E-state index >= 15 is 0 Å². The number of halogens is 2. The van der Waals surface area contributed by atoms with Crippen LogP contribution in [0.15, 0.2) is 41.0 Å². The number of nitriles is 1. The van der Waals surface area contributed by atoms with Crippen molar-refractivity contribution < 1.29 is 14.3 Å². The summed E-state index contributed by atoms with van der Waals surface area (Å²) in [6.45, 7) is 1.57. The Kier molecular flexibility index (Phi) is 4.65. The van der Waals surface area contributed by atoms with Gasteiger partial charge in [-0.15, -0.1) is 0 Å². The number of hydrogen-bond acceptors (Lipinski definition) is 5. The van der Waals surface area contributed by atoms with Gasteiger partial charge < -0.3 is 15.2 Å². The van der Waals surface area contributed by atoms with Crippen LogP contribution in [-0.2, 0) is 14.3 Å². The molecule has 1 heterocycles. The van der Waals surface area contributed by atoms with Gasteiger partial charge in [-0.05, 0) is 18.6 Å². The van der Waals surface area contributed by atoms with E-state index < -0.39 is 11.9 Å². The van der Waals surface area contributed by atoms with Crippen LogP contribution in [-0.4, -0.2) is 13.1 Å². The second kappa shape index (κ2) is 6.30. The fraction of sp³-hybridized carbons (Fsp3) is 0.200. The molecule has 0 saturated heterocycles. The summed E-state index contributed by atoms with van der Waals surface area (Å²) in [5, 5.41) is 9.94. The third-order valence-corrected chi connectivity index (χ3v) is 4.14. The molecule has 0 amide bonds. The second-order valence-electron chi connectivity index (χ2n) is 4.53. The zero-order valence-corrected chi connectivity index (χ0v) is 13.3. The van der Waals surface area contributed by atoms with Crippen molar-refractivity contribution in [3.63, 3.8) is 0 Å². The average molecular weight is 339 g/mol. The number of benzene rings is 1. The molecule has 1 aromatic carbocycles. The number of carbonyl (C=O) groups excluding carboxylic acids is 1. The van der Waals surface area contributed by atoms with Crippen LogP contribution < -0.4 is 5.73 Å².